The smallest absolute Gasteiger partial charge is 0.223 e. The van der Waals surface area contributed by atoms with Crippen LogP contribution in [0.2, 0.25) is 0 Å². The third-order valence-corrected chi connectivity index (χ3v) is 8.52. The third kappa shape index (κ3) is 5.42. The van der Waals surface area contributed by atoms with Crippen LogP contribution in [0.15, 0.2) is 42.6 Å². The highest BCUT2D eigenvalue weighted by Crippen LogP contribution is 2.42. The van der Waals surface area contributed by atoms with E-state index in [1.54, 1.807) is 12.1 Å². The summed E-state index contributed by atoms with van der Waals surface area (Å²) in [6.07, 6.45) is 8.87. The Morgan fingerprint density at radius 1 is 1.20 bits per heavy atom. The van der Waals surface area contributed by atoms with Crippen LogP contribution in [0, 0.1) is 30.0 Å². The van der Waals surface area contributed by atoms with Gasteiger partial charge in [-0.1, -0.05) is 18.6 Å². The number of hydrogen-bond donors (Lipinski definition) is 4. The molecule has 4 N–H and O–H groups in total. The van der Waals surface area contributed by atoms with Gasteiger partial charge in [-0.2, -0.15) is 0 Å². The van der Waals surface area contributed by atoms with Crippen LogP contribution in [0.5, 0.6) is 0 Å². The highest BCUT2D eigenvalue weighted by molar-refractivity contribution is 5.79. The van der Waals surface area contributed by atoms with Gasteiger partial charge in [0.05, 0.1) is 6.04 Å². The molecule has 6 unspecified atom stereocenters. The predicted octanol–water partition coefficient (Wildman–Crippen LogP) is 3.74. The Kier molecular flexibility index (Phi) is 7.19. The number of hydrogen-bond acceptors (Lipinski definition) is 5. The number of pyridine rings is 1. The maximum Gasteiger partial charge on any atom is 0.223 e. The van der Waals surface area contributed by atoms with Crippen molar-refractivity contribution in [1.82, 2.24) is 21.2 Å². The van der Waals surface area contributed by atoms with Crippen molar-refractivity contribution in [1.29, 1.82) is 0 Å². The second-order valence-electron chi connectivity index (χ2n) is 11.0. The van der Waals surface area contributed by atoms with Gasteiger partial charge in [0.15, 0.2) is 0 Å². The highest BCUT2D eigenvalue weighted by Gasteiger charge is 2.43. The van der Waals surface area contributed by atoms with Crippen LogP contribution in [0.25, 0.3) is 0 Å². The molecule has 3 fully saturated rings. The number of nitrogens with one attached hydrogen (secondary N) is 3. The fourth-order valence-corrected chi connectivity index (χ4v) is 6.67. The molecule has 5 rings (SSSR count). The van der Waals surface area contributed by atoms with E-state index >= 15 is 0 Å². The number of aromatic nitrogens is 1. The molecule has 35 heavy (non-hydrogen) atoms. The van der Waals surface area contributed by atoms with Crippen LogP contribution < -0.4 is 16.2 Å². The van der Waals surface area contributed by atoms with Gasteiger partial charge in [0.25, 0.3) is 0 Å². The number of aryl methyl sites for hydroxylation is 1. The summed E-state index contributed by atoms with van der Waals surface area (Å²) in [5.74, 6) is 0.276. The normalized spacial score (nSPS) is 32.7. The number of nitrogens with zero attached hydrogens (tertiary/aromatic N) is 1. The molecular formula is C28H37FN4O2. The van der Waals surface area contributed by atoms with E-state index in [1.165, 1.54) is 17.7 Å². The van der Waals surface area contributed by atoms with E-state index in [4.69, 9.17) is 0 Å². The average molecular weight is 481 g/mol. The van der Waals surface area contributed by atoms with Gasteiger partial charge in [0.2, 0.25) is 5.91 Å². The standard InChI is InChI=1S/C28H37FN4O2/c1-18-13-20(10-12-30-18)26-24-14-21(6-9-25(24)32-33-26)27(35)31-23-3-2-11-28(16-23,17-34)15-19-4-7-22(29)8-5-19/h4-5,7-8,10,12-13,21,23-26,32-34H,2-3,6,9,11,14-17H2,1H3,(H,31,35). The summed E-state index contributed by atoms with van der Waals surface area (Å²) in [4.78, 5) is 17.7. The quantitative estimate of drug-likeness (QED) is 0.506. The zero-order valence-electron chi connectivity index (χ0n) is 20.5. The first-order valence-electron chi connectivity index (χ1n) is 13.0. The van der Waals surface area contributed by atoms with Crippen LogP contribution in [0.3, 0.4) is 0 Å². The number of fused-ring (bicyclic) bond motifs is 1. The molecule has 1 aliphatic heterocycles. The van der Waals surface area contributed by atoms with E-state index in [0.29, 0.717) is 18.4 Å². The molecule has 0 bridgehead atoms. The van der Waals surface area contributed by atoms with Crippen LogP contribution in [-0.4, -0.2) is 34.7 Å². The second-order valence-corrected chi connectivity index (χ2v) is 11.0. The predicted molar refractivity (Wildman–Crippen MR) is 133 cm³/mol. The number of benzene rings is 1. The van der Waals surface area contributed by atoms with Crippen molar-refractivity contribution in [3.63, 3.8) is 0 Å². The maximum absolute atomic E-state index is 13.4. The van der Waals surface area contributed by atoms with Crippen molar-refractivity contribution in [3.8, 4) is 0 Å². The summed E-state index contributed by atoms with van der Waals surface area (Å²) in [5, 5.41) is 13.7. The Morgan fingerprint density at radius 2 is 2.03 bits per heavy atom. The Bertz CT molecular complexity index is 1030. The van der Waals surface area contributed by atoms with Crippen molar-refractivity contribution >= 4 is 5.91 Å². The lowest BCUT2D eigenvalue weighted by Gasteiger charge is -2.41. The van der Waals surface area contributed by atoms with Gasteiger partial charge < -0.3 is 10.4 Å². The lowest BCUT2D eigenvalue weighted by molar-refractivity contribution is -0.128. The molecule has 2 aromatic rings. The van der Waals surface area contributed by atoms with E-state index in [1.807, 2.05) is 13.1 Å². The van der Waals surface area contributed by atoms with Crippen molar-refractivity contribution < 1.29 is 14.3 Å². The van der Waals surface area contributed by atoms with Crippen molar-refractivity contribution in [2.75, 3.05) is 6.61 Å². The lowest BCUT2D eigenvalue weighted by atomic mass is 9.69. The van der Waals surface area contributed by atoms with Crippen molar-refractivity contribution in [2.24, 2.45) is 17.3 Å². The monoisotopic (exact) mass is 480 g/mol. The summed E-state index contributed by atoms with van der Waals surface area (Å²) < 4.78 is 13.3. The van der Waals surface area contributed by atoms with E-state index < -0.39 is 0 Å². The number of aliphatic hydroxyl groups is 1. The molecule has 3 aliphatic rings. The Balaban J connectivity index is 1.21. The number of carbonyl (C=O) groups excluding carboxylic acids is 1. The highest BCUT2D eigenvalue weighted by atomic mass is 19.1. The molecule has 2 heterocycles. The largest absolute Gasteiger partial charge is 0.396 e. The number of rotatable bonds is 6. The minimum Gasteiger partial charge on any atom is -0.396 e. The number of hydrazine groups is 1. The summed E-state index contributed by atoms with van der Waals surface area (Å²) in [5.41, 5.74) is 9.91. The minimum absolute atomic E-state index is 0.00550. The molecule has 2 aliphatic carbocycles. The summed E-state index contributed by atoms with van der Waals surface area (Å²) in [6.45, 7) is 2.08. The first-order chi connectivity index (χ1) is 16.9. The Morgan fingerprint density at radius 3 is 2.80 bits per heavy atom. The van der Waals surface area contributed by atoms with Crippen LogP contribution in [-0.2, 0) is 11.2 Å². The molecule has 0 radical (unpaired) electrons. The van der Waals surface area contributed by atoms with E-state index in [-0.39, 0.29) is 41.7 Å². The number of amides is 1. The Hall–Kier alpha value is -2.35. The molecule has 7 heteroatoms. The van der Waals surface area contributed by atoms with Crippen molar-refractivity contribution in [3.05, 3.63) is 65.2 Å². The first kappa shape index (κ1) is 24.3. The first-order valence-corrected chi connectivity index (χ1v) is 13.0. The molecule has 0 spiro atoms. The molecule has 1 saturated heterocycles. The van der Waals surface area contributed by atoms with Gasteiger partial charge in [0.1, 0.15) is 5.82 Å². The van der Waals surface area contributed by atoms with Crippen molar-refractivity contribution in [2.45, 2.75) is 76.4 Å². The molecular weight excluding hydrogens is 443 g/mol. The van der Waals surface area contributed by atoms with Gasteiger partial charge in [-0.3, -0.25) is 15.2 Å². The molecule has 1 amide bonds. The van der Waals surface area contributed by atoms with E-state index in [0.717, 1.165) is 56.2 Å². The molecule has 6 atom stereocenters. The summed E-state index contributed by atoms with van der Waals surface area (Å²) in [6, 6.07) is 11.4. The number of halogens is 1. The summed E-state index contributed by atoms with van der Waals surface area (Å²) in [7, 11) is 0. The minimum atomic E-state index is -0.269. The zero-order valence-corrected chi connectivity index (χ0v) is 20.5. The van der Waals surface area contributed by atoms with Crippen LogP contribution in [0.1, 0.15) is 67.8 Å². The summed E-state index contributed by atoms with van der Waals surface area (Å²) >= 11 is 0. The van der Waals surface area contributed by atoms with Crippen LogP contribution >= 0.6 is 0 Å². The Labute approximate surface area is 207 Å². The molecule has 188 valence electrons. The average Bonchev–Trinajstić information content (AvgIpc) is 3.29. The van der Waals surface area contributed by atoms with E-state index in [2.05, 4.69) is 33.3 Å². The van der Waals surface area contributed by atoms with Gasteiger partial charge in [-0.25, -0.2) is 9.82 Å². The third-order valence-electron chi connectivity index (χ3n) is 8.52. The molecule has 1 aromatic carbocycles. The molecule has 1 aromatic heterocycles. The zero-order chi connectivity index (χ0) is 24.4. The second kappa shape index (κ2) is 10.3. The van der Waals surface area contributed by atoms with Crippen LogP contribution in [0.4, 0.5) is 4.39 Å². The molecule has 6 nitrogen and oxygen atoms in total. The fraction of sp³-hybridized carbons (Fsp3) is 0.571. The number of carbonyl (C=O) groups is 1. The number of aliphatic hydroxyl groups excluding tert-OH is 1. The van der Waals surface area contributed by atoms with Gasteiger partial charge in [-0.05, 0) is 98.6 Å². The fourth-order valence-electron chi connectivity index (χ4n) is 6.67. The van der Waals surface area contributed by atoms with Gasteiger partial charge >= 0.3 is 0 Å². The topological polar surface area (TPSA) is 86.3 Å². The molecule has 2 saturated carbocycles. The van der Waals surface area contributed by atoms with Gasteiger partial charge in [-0.15, -0.1) is 0 Å². The van der Waals surface area contributed by atoms with Gasteiger partial charge in [0, 0.05) is 36.5 Å². The SMILES string of the molecule is Cc1cc(C2NNC3CCC(C(=O)NC4CCCC(CO)(Cc5ccc(F)cc5)C4)CC32)ccn1. The lowest BCUT2D eigenvalue weighted by Crippen LogP contribution is -2.48. The maximum atomic E-state index is 13.4. The van der Waals surface area contributed by atoms with E-state index in [9.17, 15) is 14.3 Å².